The molecule has 0 heterocycles. The summed E-state index contributed by atoms with van der Waals surface area (Å²) in [5.74, 6) is 1.95. The lowest BCUT2D eigenvalue weighted by Gasteiger charge is -2.24. The molecule has 0 saturated heterocycles. The predicted octanol–water partition coefficient (Wildman–Crippen LogP) is 1.99. The molecule has 0 aromatic rings. The minimum absolute atomic E-state index is 0.120. The molecule has 176 valence electrons. The van der Waals surface area contributed by atoms with E-state index in [9.17, 15) is 14.3 Å². The Balaban J connectivity index is 2.64. The van der Waals surface area contributed by atoms with Gasteiger partial charge in [-0.15, -0.1) is 6.42 Å². The predicted molar refractivity (Wildman–Crippen MR) is 128 cm³/mol. The van der Waals surface area contributed by atoms with Crippen molar-refractivity contribution in [1.29, 1.82) is 0 Å². The van der Waals surface area contributed by atoms with E-state index in [0.29, 0.717) is 38.3 Å². The molecule has 0 aliphatic heterocycles. The maximum absolute atomic E-state index is 13.3. The van der Waals surface area contributed by atoms with Gasteiger partial charge in [0.15, 0.2) is 6.35 Å². The first-order chi connectivity index (χ1) is 15.1. The standard InChI is InChI=1S/C24H36FN5O2/c1-6-17(2)18(3)9-8-12-28-22(23(31)29-24(26)32)19(4)30(5)14-13-27-16-20-10-7-11-21(25)15-20/h1,7,11,15,20,24,27,32H,4,8-10,12-14,16,26H2,2-3,5H3,(H,29,31)/b18-17-,28-22+. The lowest BCUT2D eigenvalue weighted by molar-refractivity contribution is -0.117. The molecule has 0 bridgehead atoms. The Labute approximate surface area is 191 Å². The molecule has 0 saturated carbocycles. The Morgan fingerprint density at radius 1 is 1.53 bits per heavy atom. The van der Waals surface area contributed by atoms with Crippen LogP contribution >= 0.6 is 0 Å². The molecule has 1 rings (SSSR count). The first-order valence-corrected chi connectivity index (χ1v) is 10.7. The highest BCUT2D eigenvalue weighted by atomic mass is 19.1. The van der Waals surface area contributed by atoms with Gasteiger partial charge in [-0.2, -0.15) is 0 Å². The zero-order chi connectivity index (χ0) is 24.1. The highest BCUT2D eigenvalue weighted by molar-refractivity contribution is 6.45. The molecule has 8 heteroatoms. The van der Waals surface area contributed by atoms with Crippen LogP contribution in [-0.2, 0) is 4.79 Å². The Morgan fingerprint density at radius 2 is 2.25 bits per heavy atom. The van der Waals surface area contributed by atoms with E-state index >= 15 is 0 Å². The summed E-state index contributed by atoms with van der Waals surface area (Å²) in [5, 5.41) is 14.9. The third kappa shape index (κ3) is 10.1. The molecule has 2 unspecified atom stereocenters. The maximum Gasteiger partial charge on any atom is 0.274 e. The topological polar surface area (TPSA) is 103 Å². The molecule has 5 N–H and O–H groups in total. The van der Waals surface area contributed by atoms with E-state index in [2.05, 4.69) is 28.1 Å². The number of amides is 1. The number of likely N-dealkylation sites (N-methyl/N-ethyl adjacent to an activating group) is 1. The summed E-state index contributed by atoms with van der Waals surface area (Å²) >= 11 is 0. The Kier molecular flexibility index (Phi) is 12.2. The summed E-state index contributed by atoms with van der Waals surface area (Å²) in [4.78, 5) is 18.7. The van der Waals surface area contributed by atoms with Gasteiger partial charge in [-0.05, 0) is 56.8 Å². The minimum atomic E-state index is -1.49. The van der Waals surface area contributed by atoms with Gasteiger partial charge in [0.2, 0.25) is 0 Å². The number of terminal acetylenes is 1. The lowest BCUT2D eigenvalue weighted by atomic mass is 10.0. The number of halogens is 1. The average molecular weight is 446 g/mol. The summed E-state index contributed by atoms with van der Waals surface area (Å²) < 4.78 is 13.3. The van der Waals surface area contributed by atoms with Crippen molar-refractivity contribution in [1.82, 2.24) is 15.5 Å². The Bertz CT molecular complexity index is 821. The molecule has 1 aliphatic carbocycles. The van der Waals surface area contributed by atoms with Gasteiger partial charge < -0.3 is 20.6 Å². The number of carbonyl (C=O) groups is 1. The summed E-state index contributed by atoms with van der Waals surface area (Å²) in [6.45, 7) is 10.1. The van der Waals surface area contributed by atoms with Crippen molar-refractivity contribution in [2.45, 2.75) is 39.5 Å². The highest BCUT2D eigenvalue weighted by Gasteiger charge is 2.19. The van der Waals surface area contributed by atoms with Crippen LogP contribution in [0, 0.1) is 18.3 Å². The number of nitrogens with one attached hydrogen (secondary N) is 2. The molecule has 0 fully saturated rings. The van der Waals surface area contributed by atoms with Crippen molar-refractivity contribution < 1.29 is 14.3 Å². The average Bonchev–Trinajstić information content (AvgIpc) is 2.74. The highest BCUT2D eigenvalue weighted by Crippen LogP contribution is 2.16. The van der Waals surface area contributed by atoms with E-state index in [0.717, 1.165) is 24.0 Å². The van der Waals surface area contributed by atoms with E-state index < -0.39 is 12.3 Å². The largest absolute Gasteiger partial charge is 0.372 e. The van der Waals surface area contributed by atoms with Gasteiger partial charge in [0.05, 0.1) is 5.70 Å². The van der Waals surface area contributed by atoms with E-state index in [-0.39, 0.29) is 17.5 Å². The van der Waals surface area contributed by atoms with Crippen LogP contribution < -0.4 is 16.4 Å². The Morgan fingerprint density at radius 3 is 2.88 bits per heavy atom. The normalized spacial score (nSPS) is 17.7. The van der Waals surface area contributed by atoms with E-state index in [1.54, 1.807) is 18.0 Å². The molecule has 2 atom stereocenters. The van der Waals surface area contributed by atoms with Gasteiger partial charge in [-0.25, -0.2) is 4.39 Å². The number of allylic oxidation sites excluding steroid dienone is 5. The number of carbonyl (C=O) groups excluding carboxylic acids is 1. The fourth-order valence-electron chi connectivity index (χ4n) is 3.04. The molecular weight excluding hydrogens is 409 g/mol. The minimum Gasteiger partial charge on any atom is -0.372 e. The zero-order valence-corrected chi connectivity index (χ0v) is 19.3. The number of aliphatic hydroxyl groups excluding tert-OH is 1. The first kappa shape index (κ1) is 27.3. The molecule has 7 nitrogen and oxygen atoms in total. The summed E-state index contributed by atoms with van der Waals surface area (Å²) in [7, 11) is 1.80. The molecule has 0 spiro atoms. The third-order valence-corrected chi connectivity index (χ3v) is 5.21. The fraction of sp³-hybridized carbons (Fsp3) is 0.500. The first-order valence-electron chi connectivity index (χ1n) is 10.7. The van der Waals surface area contributed by atoms with Crippen LogP contribution in [-0.4, -0.2) is 61.2 Å². The smallest absolute Gasteiger partial charge is 0.274 e. The maximum atomic E-state index is 13.3. The number of hydrogen-bond acceptors (Lipinski definition) is 6. The summed E-state index contributed by atoms with van der Waals surface area (Å²) in [6.07, 6.45) is 11.1. The summed E-state index contributed by atoms with van der Waals surface area (Å²) in [5.41, 5.74) is 7.83. The van der Waals surface area contributed by atoms with Crippen molar-refractivity contribution >= 4 is 11.6 Å². The van der Waals surface area contributed by atoms with Crippen molar-refractivity contribution in [3.63, 3.8) is 0 Å². The van der Waals surface area contributed by atoms with E-state index in [1.807, 2.05) is 19.9 Å². The second kappa shape index (κ2) is 14.4. The molecule has 1 amide bonds. The number of aliphatic imine (C=N–C) groups is 1. The van der Waals surface area contributed by atoms with E-state index in [1.165, 1.54) is 6.08 Å². The van der Waals surface area contributed by atoms with Gasteiger partial charge >= 0.3 is 0 Å². The second-order valence-electron chi connectivity index (χ2n) is 7.82. The molecule has 1 aliphatic rings. The number of aliphatic hydroxyl groups is 1. The van der Waals surface area contributed by atoms with E-state index in [4.69, 9.17) is 12.2 Å². The van der Waals surface area contributed by atoms with Crippen molar-refractivity contribution in [3.8, 4) is 12.3 Å². The Hall–Kier alpha value is -2.73. The zero-order valence-electron chi connectivity index (χ0n) is 19.3. The fourth-order valence-corrected chi connectivity index (χ4v) is 3.04. The number of nitrogens with two attached hydrogens (primary N) is 1. The van der Waals surface area contributed by atoms with Crippen LogP contribution in [0.25, 0.3) is 0 Å². The van der Waals surface area contributed by atoms with Crippen LogP contribution in [0.1, 0.15) is 33.1 Å². The number of hydrogen-bond donors (Lipinski definition) is 4. The SMILES string of the molecule is C#C/C(C)=C(/C)CCC/N=C(\C(=C)N(C)CCNCC1C=C(F)C=CC1)C(=O)NC(N)O. The van der Waals surface area contributed by atoms with Crippen molar-refractivity contribution in [2.24, 2.45) is 16.6 Å². The number of rotatable bonds is 13. The van der Waals surface area contributed by atoms with Crippen LogP contribution in [0.2, 0.25) is 0 Å². The monoisotopic (exact) mass is 445 g/mol. The molecular formula is C24H36FN5O2. The molecule has 0 aromatic carbocycles. The van der Waals surface area contributed by atoms with Gasteiger partial charge in [-0.3, -0.25) is 15.5 Å². The van der Waals surface area contributed by atoms with Gasteiger partial charge in [0, 0.05) is 33.2 Å². The third-order valence-electron chi connectivity index (χ3n) is 5.21. The van der Waals surface area contributed by atoms with Crippen LogP contribution in [0.4, 0.5) is 4.39 Å². The van der Waals surface area contributed by atoms with Crippen LogP contribution in [0.3, 0.4) is 0 Å². The second-order valence-corrected chi connectivity index (χ2v) is 7.82. The van der Waals surface area contributed by atoms with Crippen molar-refractivity contribution in [3.05, 3.63) is 47.5 Å². The molecule has 32 heavy (non-hydrogen) atoms. The van der Waals surface area contributed by atoms with Crippen LogP contribution in [0.5, 0.6) is 0 Å². The summed E-state index contributed by atoms with van der Waals surface area (Å²) in [6, 6.07) is 0. The van der Waals surface area contributed by atoms with Gasteiger partial charge in [0.1, 0.15) is 11.5 Å². The molecule has 0 aromatic heterocycles. The van der Waals surface area contributed by atoms with Gasteiger partial charge in [-0.1, -0.05) is 24.1 Å². The number of nitrogens with zero attached hydrogens (tertiary/aromatic N) is 2. The van der Waals surface area contributed by atoms with Gasteiger partial charge in [0.25, 0.3) is 5.91 Å². The van der Waals surface area contributed by atoms with Crippen LogP contribution in [0.15, 0.2) is 52.5 Å². The quantitative estimate of drug-likeness (QED) is 0.150. The lowest BCUT2D eigenvalue weighted by Crippen LogP contribution is -2.46. The molecule has 0 radical (unpaired) electrons. The van der Waals surface area contributed by atoms with Crippen molar-refractivity contribution in [2.75, 3.05) is 33.2 Å².